The van der Waals surface area contributed by atoms with Gasteiger partial charge in [0.2, 0.25) is 0 Å². The van der Waals surface area contributed by atoms with Crippen LogP contribution < -0.4 is 15.4 Å². The molecule has 23 heavy (non-hydrogen) atoms. The molecule has 0 radical (unpaired) electrons. The smallest absolute Gasteiger partial charge is 0.269 e. The normalized spacial score (nSPS) is 19.1. The molecule has 7 heteroatoms. The molecule has 0 bridgehead atoms. The van der Waals surface area contributed by atoms with E-state index in [9.17, 15) is 9.90 Å². The van der Waals surface area contributed by atoms with Crippen molar-refractivity contribution in [1.82, 2.24) is 10.6 Å². The van der Waals surface area contributed by atoms with Crippen molar-refractivity contribution >= 4 is 11.6 Å². The highest BCUT2D eigenvalue weighted by atomic mass is 16.7. The number of oxime groups is 1. The zero-order valence-electron chi connectivity index (χ0n) is 13.1. The van der Waals surface area contributed by atoms with Gasteiger partial charge in [0.25, 0.3) is 5.91 Å². The van der Waals surface area contributed by atoms with E-state index in [1.54, 1.807) is 18.2 Å². The zero-order chi connectivity index (χ0) is 16.3. The molecule has 2 heterocycles. The van der Waals surface area contributed by atoms with Gasteiger partial charge in [0.05, 0.1) is 7.11 Å². The maximum Gasteiger partial charge on any atom is 0.269 e. The molecule has 2 aliphatic rings. The number of ether oxygens (including phenoxy) is 1. The SMILES string of the molecule is COc1cc(CNC(=O)C2=NOC3(CCNCC3)C2)ccc1O. The van der Waals surface area contributed by atoms with Crippen LogP contribution in [0.15, 0.2) is 23.4 Å². The molecule has 1 fully saturated rings. The Morgan fingerprint density at radius 1 is 1.48 bits per heavy atom. The van der Waals surface area contributed by atoms with E-state index in [0.717, 1.165) is 31.5 Å². The molecule has 2 aliphatic heterocycles. The number of benzene rings is 1. The topological polar surface area (TPSA) is 92.2 Å². The fourth-order valence-electron chi connectivity index (χ4n) is 2.91. The van der Waals surface area contributed by atoms with Crippen molar-refractivity contribution in [2.75, 3.05) is 20.2 Å². The van der Waals surface area contributed by atoms with Crippen molar-refractivity contribution in [3.8, 4) is 11.5 Å². The number of hydrogen-bond donors (Lipinski definition) is 3. The van der Waals surface area contributed by atoms with Gasteiger partial charge in [-0.3, -0.25) is 4.79 Å². The monoisotopic (exact) mass is 319 g/mol. The van der Waals surface area contributed by atoms with Gasteiger partial charge in [-0.2, -0.15) is 0 Å². The number of methoxy groups -OCH3 is 1. The fraction of sp³-hybridized carbons (Fsp3) is 0.500. The Bertz CT molecular complexity index is 624. The van der Waals surface area contributed by atoms with E-state index in [0.29, 0.717) is 24.4 Å². The summed E-state index contributed by atoms with van der Waals surface area (Å²) in [6.45, 7) is 2.11. The summed E-state index contributed by atoms with van der Waals surface area (Å²) in [4.78, 5) is 17.8. The van der Waals surface area contributed by atoms with Gasteiger partial charge in [-0.25, -0.2) is 0 Å². The molecule has 0 unspecified atom stereocenters. The van der Waals surface area contributed by atoms with E-state index in [-0.39, 0.29) is 17.3 Å². The number of nitrogens with zero attached hydrogens (tertiary/aromatic N) is 1. The molecule has 1 aromatic rings. The Labute approximate surface area is 134 Å². The molecule has 7 nitrogen and oxygen atoms in total. The number of phenolic OH excluding ortho intramolecular Hbond substituents is 1. The average Bonchev–Trinajstić information content (AvgIpc) is 2.98. The van der Waals surface area contributed by atoms with Crippen molar-refractivity contribution < 1.29 is 19.5 Å². The molecule has 124 valence electrons. The minimum absolute atomic E-state index is 0.0731. The molecule has 0 atom stereocenters. The van der Waals surface area contributed by atoms with Crippen LogP contribution >= 0.6 is 0 Å². The maximum absolute atomic E-state index is 12.2. The van der Waals surface area contributed by atoms with Crippen molar-refractivity contribution in [1.29, 1.82) is 0 Å². The highest BCUT2D eigenvalue weighted by Gasteiger charge is 2.42. The third-order valence-corrected chi connectivity index (χ3v) is 4.31. The van der Waals surface area contributed by atoms with Crippen molar-refractivity contribution in [3.63, 3.8) is 0 Å². The van der Waals surface area contributed by atoms with Gasteiger partial charge in [0.1, 0.15) is 11.3 Å². The Hall–Kier alpha value is -2.28. The third kappa shape index (κ3) is 3.39. The van der Waals surface area contributed by atoms with Gasteiger partial charge in [0.15, 0.2) is 11.5 Å². The average molecular weight is 319 g/mol. The lowest BCUT2D eigenvalue weighted by molar-refractivity contribution is -0.115. The molecular formula is C16H21N3O4. The van der Waals surface area contributed by atoms with E-state index in [4.69, 9.17) is 9.57 Å². The molecule has 0 saturated carbocycles. The molecule has 0 aliphatic carbocycles. The summed E-state index contributed by atoms with van der Waals surface area (Å²) < 4.78 is 5.06. The summed E-state index contributed by atoms with van der Waals surface area (Å²) in [6.07, 6.45) is 2.28. The van der Waals surface area contributed by atoms with Gasteiger partial charge >= 0.3 is 0 Å². The number of rotatable bonds is 4. The quantitative estimate of drug-likeness (QED) is 0.767. The first-order valence-electron chi connectivity index (χ1n) is 7.72. The highest BCUT2D eigenvalue weighted by Crippen LogP contribution is 2.32. The number of phenols is 1. The van der Waals surface area contributed by atoms with Crippen molar-refractivity contribution in [3.05, 3.63) is 23.8 Å². The van der Waals surface area contributed by atoms with Gasteiger partial charge < -0.3 is 25.3 Å². The summed E-state index contributed by atoms with van der Waals surface area (Å²) in [7, 11) is 1.49. The van der Waals surface area contributed by atoms with Crippen LogP contribution in [0.5, 0.6) is 11.5 Å². The lowest BCUT2D eigenvalue weighted by Gasteiger charge is -2.30. The van der Waals surface area contributed by atoms with Crippen molar-refractivity contribution in [2.24, 2.45) is 5.16 Å². The van der Waals surface area contributed by atoms with Gasteiger partial charge in [0, 0.05) is 25.8 Å². The number of hydrogen-bond acceptors (Lipinski definition) is 6. The largest absolute Gasteiger partial charge is 0.504 e. The Morgan fingerprint density at radius 2 is 2.26 bits per heavy atom. The van der Waals surface area contributed by atoms with Crippen LogP contribution in [-0.2, 0) is 16.2 Å². The van der Waals surface area contributed by atoms with E-state index in [1.807, 2.05) is 0 Å². The summed E-state index contributed by atoms with van der Waals surface area (Å²) >= 11 is 0. The Morgan fingerprint density at radius 3 is 3.00 bits per heavy atom. The molecule has 1 aromatic carbocycles. The predicted octanol–water partition coefficient (Wildman–Crippen LogP) is 0.915. The lowest BCUT2D eigenvalue weighted by atomic mass is 9.87. The number of carbonyl (C=O) groups is 1. The summed E-state index contributed by atoms with van der Waals surface area (Å²) in [6, 6.07) is 4.97. The molecule has 1 spiro atoms. The van der Waals surface area contributed by atoms with Gasteiger partial charge in [-0.05, 0) is 30.8 Å². The summed E-state index contributed by atoms with van der Waals surface area (Å²) in [5.41, 5.74) is 0.974. The first-order valence-corrected chi connectivity index (χ1v) is 7.72. The maximum atomic E-state index is 12.2. The van der Waals surface area contributed by atoms with E-state index in [1.165, 1.54) is 7.11 Å². The standard InChI is InChI=1S/C16H21N3O4/c1-22-14-8-11(2-3-13(14)20)10-18-15(21)12-9-16(23-19-12)4-6-17-7-5-16/h2-3,8,17,20H,4-7,9-10H2,1H3,(H,18,21). The second-order valence-electron chi connectivity index (χ2n) is 5.93. The number of piperidine rings is 1. The Kier molecular flexibility index (Phi) is 4.38. The van der Waals surface area contributed by atoms with Crippen LogP contribution in [0.4, 0.5) is 0 Å². The number of amides is 1. The second-order valence-corrected chi connectivity index (χ2v) is 5.93. The highest BCUT2D eigenvalue weighted by molar-refractivity contribution is 6.39. The van der Waals surface area contributed by atoms with Crippen LogP contribution in [0, 0.1) is 0 Å². The molecular weight excluding hydrogens is 298 g/mol. The van der Waals surface area contributed by atoms with Crippen LogP contribution in [-0.4, -0.2) is 42.5 Å². The van der Waals surface area contributed by atoms with Crippen LogP contribution in [0.2, 0.25) is 0 Å². The Balaban J connectivity index is 1.56. The number of nitrogens with one attached hydrogen (secondary N) is 2. The second kappa shape index (κ2) is 6.45. The first-order chi connectivity index (χ1) is 11.1. The number of aromatic hydroxyl groups is 1. The van der Waals surface area contributed by atoms with Crippen molar-refractivity contribution in [2.45, 2.75) is 31.4 Å². The molecule has 0 aromatic heterocycles. The molecule has 3 N–H and O–H groups in total. The zero-order valence-corrected chi connectivity index (χ0v) is 13.1. The van der Waals surface area contributed by atoms with Gasteiger partial charge in [-0.15, -0.1) is 0 Å². The summed E-state index contributed by atoms with van der Waals surface area (Å²) in [5.74, 6) is 0.239. The van der Waals surface area contributed by atoms with E-state index < -0.39 is 0 Å². The number of carbonyl (C=O) groups excluding carboxylic acids is 1. The van der Waals surface area contributed by atoms with E-state index >= 15 is 0 Å². The summed E-state index contributed by atoms with van der Waals surface area (Å²) in [5, 5.41) is 19.7. The minimum atomic E-state index is -0.306. The molecule has 1 amide bonds. The minimum Gasteiger partial charge on any atom is -0.504 e. The molecule has 3 rings (SSSR count). The van der Waals surface area contributed by atoms with Gasteiger partial charge in [-0.1, -0.05) is 11.2 Å². The molecule has 1 saturated heterocycles. The first kappa shape index (κ1) is 15.6. The fourth-order valence-corrected chi connectivity index (χ4v) is 2.91. The van der Waals surface area contributed by atoms with Crippen LogP contribution in [0.1, 0.15) is 24.8 Å². The van der Waals surface area contributed by atoms with Crippen LogP contribution in [0.3, 0.4) is 0 Å². The van der Waals surface area contributed by atoms with E-state index in [2.05, 4.69) is 15.8 Å². The lowest BCUT2D eigenvalue weighted by Crippen LogP contribution is -2.43. The van der Waals surface area contributed by atoms with Crippen LogP contribution in [0.25, 0.3) is 0 Å². The predicted molar refractivity (Wildman–Crippen MR) is 84.5 cm³/mol. The third-order valence-electron chi connectivity index (χ3n) is 4.31.